The summed E-state index contributed by atoms with van der Waals surface area (Å²) in [5.41, 5.74) is 0. The van der Waals surface area contributed by atoms with Crippen LogP contribution in [0.3, 0.4) is 0 Å². The monoisotopic (exact) mass is 147 g/mol. The molecule has 62 valence electrons. The predicted octanol–water partition coefficient (Wildman–Crippen LogP) is 0.211. The van der Waals surface area contributed by atoms with Gasteiger partial charge in [-0.15, -0.1) is 0 Å². The van der Waals surface area contributed by atoms with Gasteiger partial charge >= 0.3 is 0 Å². The van der Waals surface area contributed by atoms with E-state index in [2.05, 4.69) is 16.7 Å². The van der Waals surface area contributed by atoms with Crippen molar-refractivity contribution in [3.05, 3.63) is 0 Å². The molecule has 0 saturated carbocycles. The van der Waals surface area contributed by atoms with E-state index in [0.717, 1.165) is 26.3 Å². The molecule has 10 heavy (non-hydrogen) atoms. The third-order valence-corrected chi connectivity index (χ3v) is 1.23. The van der Waals surface area contributed by atoms with Crippen molar-refractivity contribution in [3.8, 4) is 0 Å². The Morgan fingerprint density at radius 2 is 1.60 bits per heavy atom. The molecule has 0 atom stereocenters. The van der Waals surface area contributed by atoms with Crippen LogP contribution in [0.1, 0.15) is 0 Å². The van der Waals surface area contributed by atoms with Crippen LogP contribution in [0.25, 0.3) is 0 Å². The van der Waals surface area contributed by atoms with Gasteiger partial charge in [0.05, 0.1) is 13.2 Å². The maximum absolute atomic E-state index is 5.10. The van der Waals surface area contributed by atoms with Crippen LogP contribution in [-0.2, 0) is 9.47 Å². The van der Waals surface area contributed by atoms with Crippen LogP contribution in [0.4, 0.5) is 0 Å². The fourth-order valence-electron chi connectivity index (χ4n) is 0.655. The molecule has 0 aromatic rings. The molecule has 1 rings (SSSR count). The van der Waals surface area contributed by atoms with Crippen LogP contribution < -0.4 is 0 Å². The summed E-state index contributed by atoms with van der Waals surface area (Å²) in [6, 6.07) is 0. The number of ether oxygens (including phenoxy) is 2. The van der Waals surface area contributed by atoms with E-state index >= 15 is 0 Å². The predicted molar refractivity (Wildman–Crippen MR) is 41.2 cm³/mol. The average Bonchev–Trinajstić information content (AvgIpc) is 1.91. The normalized spacial score (nSPS) is 19.5. The molecule has 0 aromatic carbocycles. The lowest BCUT2D eigenvalue weighted by atomic mass is 10.5. The first-order valence-electron chi connectivity index (χ1n) is 3.47. The average molecular weight is 147 g/mol. The molecule has 0 N–H and O–H groups in total. The minimum Gasteiger partial charge on any atom is -0.388 e. The molecule has 1 aliphatic heterocycles. The second kappa shape index (κ2) is 6.99. The maximum atomic E-state index is 5.10. The molecular formula is C7H17NO2. The number of rotatable bonds is 0. The van der Waals surface area contributed by atoms with Crippen molar-refractivity contribution < 1.29 is 9.47 Å². The Hall–Kier alpha value is -0.120. The Balaban J connectivity index is 0.000000236. The van der Waals surface area contributed by atoms with Gasteiger partial charge in [-0.1, -0.05) is 0 Å². The molecule has 0 spiro atoms. The topological polar surface area (TPSA) is 21.7 Å². The summed E-state index contributed by atoms with van der Waals surface area (Å²) in [5, 5.41) is 0. The van der Waals surface area contributed by atoms with Gasteiger partial charge in [0.15, 0.2) is 0 Å². The molecule has 1 aliphatic rings. The van der Waals surface area contributed by atoms with Crippen molar-refractivity contribution in [2.24, 2.45) is 0 Å². The second-order valence-electron chi connectivity index (χ2n) is 2.32. The SMILES string of the molecule is CN1CCOCC1.COC. The molecule has 3 heteroatoms. The summed E-state index contributed by atoms with van der Waals surface area (Å²) in [6.45, 7) is 4.02. The zero-order valence-electron chi connectivity index (χ0n) is 7.09. The minimum absolute atomic E-state index is 0.913. The zero-order valence-corrected chi connectivity index (χ0v) is 7.09. The summed E-state index contributed by atoms with van der Waals surface area (Å²) < 4.78 is 9.35. The third kappa shape index (κ3) is 6.01. The van der Waals surface area contributed by atoms with E-state index in [4.69, 9.17) is 4.74 Å². The van der Waals surface area contributed by atoms with E-state index in [9.17, 15) is 0 Å². The van der Waals surface area contributed by atoms with Gasteiger partial charge in [-0.05, 0) is 7.05 Å². The highest BCUT2D eigenvalue weighted by Gasteiger charge is 2.02. The third-order valence-electron chi connectivity index (χ3n) is 1.23. The molecule has 0 aliphatic carbocycles. The van der Waals surface area contributed by atoms with Gasteiger partial charge in [-0.3, -0.25) is 0 Å². The molecule has 0 bridgehead atoms. The van der Waals surface area contributed by atoms with Gasteiger partial charge in [0.1, 0.15) is 0 Å². The van der Waals surface area contributed by atoms with Crippen molar-refractivity contribution in [2.45, 2.75) is 0 Å². The highest BCUT2D eigenvalue weighted by atomic mass is 16.5. The lowest BCUT2D eigenvalue weighted by Crippen LogP contribution is -2.32. The van der Waals surface area contributed by atoms with E-state index in [1.54, 1.807) is 14.2 Å². The Labute approximate surface area is 62.9 Å². The van der Waals surface area contributed by atoms with Gasteiger partial charge in [0.2, 0.25) is 0 Å². The summed E-state index contributed by atoms with van der Waals surface area (Å²) in [6.07, 6.45) is 0. The number of hydrogen-bond acceptors (Lipinski definition) is 3. The smallest absolute Gasteiger partial charge is 0.0594 e. The molecule has 0 amide bonds. The number of methoxy groups -OCH3 is 1. The first kappa shape index (κ1) is 9.88. The molecule has 1 heterocycles. The van der Waals surface area contributed by atoms with E-state index in [1.807, 2.05) is 0 Å². The van der Waals surface area contributed by atoms with Crippen LogP contribution >= 0.6 is 0 Å². The van der Waals surface area contributed by atoms with Gasteiger partial charge in [0.25, 0.3) is 0 Å². The highest BCUT2D eigenvalue weighted by molar-refractivity contribution is 4.53. The van der Waals surface area contributed by atoms with Crippen molar-refractivity contribution in [2.75, 3.05) is 47.6 Å². The second-order valence-corrected chi connectivity index (χ2v) is 2.32. The number of hydrogen-bond donors (Lipinski definition) is 0. The molecule has 1 saturated heterocycles. The van der Waals surface area contributed by atoms with E-state index < -0.39 is 0 Å². The molecule has 0 unspecified atom stereocenters. The lowest BCUT2D eigenvalue weighted by molar-refractivity contribution is 0.0503. The first-order chi connectivity index (χ1) is 4.81. The molecular weight excluding hydrogens is 130 g/mol. The number of morpholine rings is 1. The van der Waals surface area contributed by atoms with Crippen molar-refractivity contribution in [1.82, 2.24) is 4.90 Å². The van der Waals surface area contributed by atoms with Gasteiger partial charge < -0.3 is 14.4 Å². The van der Waals surface area contributed by atoms with Crippen LogP contribution in [0, 0.1) is 0 Å². The molecule has 1 fully saturated rings. The highest BCUT2D eigenvalue weighted by Crippen LogP contribution is 1.89. The number of nitrogens with zero attached hydrogens (tertiary/aromatic N) is 1. The largest absolute Gasteiger partial charge is 0.388 e. The van der Waals surface area contributed by atoms with Crippen molar-refractivity contribution >= 4 is 0 Å². The van der Waals surface area contributed by atoms with E-state index in [1.165, 1.54) is 0 Å². The van der Waals surface area contributed by atoms with Crippen molar-refractivity contribution in [1.29, 1.82) is 0 Å². The number of likely N-dealkylation sites (N-methyl/N-ethyl adjacent to an activating group) is 1. The fraction of sp³-hybridized carbons (Fsp3) is 1.00. The Bertz CT molecular complexity index is 62.6. The van der Waals surface area contributed by atoms with Crippen LogP contribution in [-0.4, -0.2) is 52.5 Å². The summed E-state index contributed by atoms with van der Waals surface area (Å²) in [4.78, 5) is 2.27. The summed E-state index contributed by atoms with van der Waals surface area (Å²) >= 11 is 0. The van der Waals surface area contributed by atoms with E-state index in [0.29, 0.717) is 0 Å². The van der Waals surface area contributed by atoms with Crippen molar-refractivity contribution in [3.63, 3.8) is 0 Å². The Morgan fingerprint density at radius 1 is 1.20 bits per heavy atom. The molecule has 3 nitrogen and oxygen atoms in total. The Morgan fingerprint density at radius 3 is 1.80 bits per heavy atom. The van der Waals surface area contributed by atoms with Crippen LogP contribution in [0.15, 0.2) is 0 Å². The molecule has 0 aromatic heterocycles. The van der Waals surface area contributed by atoms with E-state index in [-0.39, 0.29) is 0 Å². The van der Waals surface area contributed by atoms with Crippen LogP contribution in [0.2, 0.25) is 0 Å². The maximum Gasteiger partial charge on any atom is 0.0594 e. The standard InChI is InChI=1S/C5H11NO.C2H6O/c1-6-2-4-7-5-3-6;1-3-2/h2-5H2,1H3;1-2H3. The van der Waals surface area contributed by atoms with Gasteiger partial charge in [-0.2, -0.15) is 0 Å². The fourth-order valence-corrected chi connectivity index (χ4v) is 0.655. The quantitative estimate of drug-likeness (QED) is 0.489. The zero-order chi connectivity index (χ0) is 7.82. The molecule has 0 radical (unpaired) electrons. The van der Waals surface area contributed by atoms with Gasteiger partial charge in [0, 0.05) is 27.3 Å². The summed E-state index contributed by atoms with van der Waals surface area (Å²) in [5.74, 6) is 0. The minimum atomic E-state index is 0.913. The first-order valence-corrected chi connectivity index (χ1v) is 3.47. The van der Waals surface area contributed by atoms with Crippen LogP contribution in [0.5, 0.6) is 0 Å². The van der Waals surface area contributed by atoms with Gasteiger partial charge in [-0.25, -0.2) is 0 Å². The summed E-state index contributed by atoms with van der Waals surface area (Å²) in [7, 11) is 5.36. The Kier molecular flexibility index (Phi) is 6.91. The lowest BCUT2D eigenvalue weighted by Gasteiger charge is -2.21.